The Hall–Kier alpha value is -5.16. The molecule has 1 amide bonds. The molecule has 9 rings (SSSR count). The highest BCUT2D eigenvalue weighted by molar-refractivity contribution is 6.03. The number of nitrogens with zero attached hydrogens (tertiary/aromatic N) is 6. The van der Waals surface area contributed by atoms with Crippen LogP contribution in [0.4, 0.5) is 19.0 Å². The predicted octanol–water partition coefficient (Wildman–Crippen LogP) is 4.90. The number of terminal acetylenes is 1. The highest BCUT2D eigenvalue weighted by Crippen LogP contribution is 2.44. The molecule has 2 bridgehead atoms. The lowest BCUT2D eigenvalue weighted by molar-refractivity contribution is -0.207. The number of esters is 1. The molecule has 1 N–H and O–H groups in total. The van der Waals surface area contributed by atoms with Crippen LogP contribution < -0.4 is 9.64 Å². The maximum absolute atomic E-state index is 17.1. The second-order valence-corrected chi connectivity index (χ2v) is 15.6. The summed E-state index contributed by atoms with van der Waals surface area (Å²) < 4.78 is 58.2. The van der Waals surface area contributed by atoms with Crippen LogP contribution in [0.2, 0.25) is 0 Å². The normalized spacial score (nSPS) is 27.5. The van der Waals surface area contributed by atoms with Crippen LogP contribution in [-0.4, -0.2) is 104 Å². The number of amides is 1. The summed E-state index contributed by atoms with van der Waals surface area (Å²) in [4.78, 5) is 45.5. The number of carbonyl (C=O) groups excluding carboxylic acids is 2. The monoisotopic (exact) mass is 726 g/mol. The average Bonchev–Trinajstić information content (AvgIpc) is 3.75. The van der Waals surface area contributed by atoms with Crippen molar-refractivity contribution in [1.29, 1.82) is 0 Å². The number of aromatic hydroxyl groups is 1. The maximum atomic E-state index is 17.1. The van der Waals surface area contributed by atoms with Gasteiger partial charge in [0, 0.05) is 55.3 Å². The van der Waals surface area contributed by atoms with Crippen molar-refractivity contribution >= 4 is 39.4 Å². The molecule has 5 atom stereocenters. The lowest BCUT2D eigenvalue weighted by Gasteiger charge is -2.47. The van der Waals surface area contributed by atoms with E-state index in [9.17, 15) is 23.5 Å². The fraction of sp³-hybridized carbons (Fsp3) is 0.462. The van der Waals surface area contributed by atoms with Gasteiger partial charge in [0.1, 0.15) is 46.8 Å². The van der Waals surface area contributed by atoms with Crippen LogP contribution in [0, 0.1) is 29.4 Å². The van der Waals surface area contributed by atoms with Crippen LogP contribution >= 0.6 is 0 Å². The number of aromatic nitrogens is 3. The first-order valence-electron chi connectivity index (χ1n) is 18.0. The van der Waals surface area contributed by atoms with Gasteiger partial charge in [-0.3, -0.25) is 19.5 Å². The fourth-order valence-electron chi connectivity index (χ4n) is 9.30. The lowest BCUT2D eigenvalue weighted by atomic mass is 9.80. The van der Waals surface area contributed by atoms with Crippen molar-refractivity contribution in [3.63, 3.8) is 0 Å². The molecule has 0 spiro atoms. The Kier molecular flexibility index (Phi) is 7.58. The number of ether oxygens (including phenoxy) is 2. The molecule has 5 aliphatic rings. The van der Waals surface area contributed by atoms with Gasteiger partial charge in [0.2, 0.25) is 0 Å². The number of carbonyl (C=O) groups is 2. The number of cyclic esters (lactones) is 1. The Morgan fingerprint density at radius 3 is 2.64 bits per heavy atom. The SMILES string of the molecule is C#Cc1c(F)ccc2cc(O)cc(-c3ncc4c(N5CC6CCC(C5)N6C(=O)C5OC(=O)C5(C)C)nc(OC[C@@]56CCCN5C[C@H](F)C6)nc4c3F)c12. The van der Waals surface area contributed by atoms with Crippen molar-refractivity contribution in [2.45, 2.75) is 75.8 Å². The molecule has 11 nitrogen and oxygen atoms in total. The highest BCUT2D eigenvalue weighted by atomic mass is 19.1. The van der Waals surface area contributed by atoms with Crippen molar-refractivity contribution in [2.75, 3.05) is 37.7 Å². The third-order valence-electron chi connectivity index (χ3n) is 12.0. The van der Waals surface area contributed by atoms with Crippen LogP contribution in [0.5, 0.6) is 11.8 Å². The molecule has 5 saturated heterocycles. The summed E-state index contributed by atoms with van der Waals surface area (Å²) in [6, 6.07) is 4.80. The van der Waals surface area contributed by atoms with E-state index in [1.165, 1.54) is 30.5 Å². The van der Waals surface area contributed by atoms with Gasteiger partial charge >= 0.3 is 12.0 Å². The number of phenols is 1. The van der Waals surface area contributed by atoms with Gasteiger partial charge in [-0.05, 0) is 69.7 Å². The van der Waals surface area contributed by atoms with E-state index in [4.69, 9.17) is 20.9 Å². The first kappa shape index (κ1) is 33.7. The van der Waals surface area contributed by atoms with Crippen molar-refractivity contribution in [2.24, 2.45) is 5.41 Å². The number of benzene rings is 2. The van der Waals surface area contributed by atoms with E-state index >= 15 is 4.39 Å². The molecular formula is C39H37F3N6O5. The minimum atomic E-state index is -0.976. The van der Waals surface area contributed by atoms with Gasteiger partial charge in [0.05, 0.1) is 16.5 Å². The molecule has 5 fully saturated rings. The van der Waals surface area contributed by atoms with E-state index in [1.807, 2.05) is 9.80 Å². The van der Waals surface area contributed by atoms with Crippen LogP contribution in [0.15, 0.2) is 30.5 Å². The fourth-order valence-corrected chi connectivity index (χ4v) is 9.30. The molecule has 2 aromatic heterocycles. The lowest BCUT2D eigenvalue weighted by Crippen LogP contribution is -2.65. The first-order valence-corrected chi connectivity index (χ1v) is 18.0. The molecule has 0 radical (unpaired) electrons. The second-order valence-electron chi connectivity index (χ2n) is 15.6. The number of fused-ring (bicyclic) bond motifs is 5. The Balaban J connectivity index is 1.13. The molecule has 2 aromatic carbocycles. The number of piperazine rings is 1. The number of pyridine rings is 1. The van der Waals surface area contributed by atoms with Gasteiger partial charge in [-0.1, -0.05) is 12.0 Å². The zero-order valence-electron chi connectivity index (χ0n) is 29.2. The van der Waals surface area contributed by atoms with E-state index in [1.54, 1.807) is 13.8 Å². The van der Waals surface area contributed by atoms with E-state index in [0.29, 0.717) is 37.3 Å². The summed E-state index contributed by atoms with van der Waals surface area (Å²) >= 11 is 0. The van der Waals surface area contributed by atoms with Crippen molar-refractivity contribution in [3.8, 4) is 35.4 Å². The minimum absolute atomic E-state index is 0.0831. The van der Waals surface area contributed by atoms with Crippen LogP contribution in [0.25, 0.3) is 32.9 Å². The summed E-state index contributed by atoms with van der Waals surface area (Å²) in [7, 11) is 0. The summed E-state index contributed by atoms with van der Waals surface area (Å²) in [6.45, 7) is 5.34. The number of alkyl halides is 1. The van der Waals surface area contributed by atoms with Crippen molar-refractivity contribution in [1.82, 2.24) is 24.8 Å². The van der Waals surface area contributed by atoms with Gasteiger partial charge < -0.3 is 24.4 Å². The topological polar surface area (TPSA) is 121 Å². The minimum Gasteiger partial charge on any atom is -0.508 e. The number of anilines is 1. The largest absolute Gasteiger partial charge is 0.508 e. The number of halogens is 3. The van der Waals surface area contributed by atoms with Crippen molar-refractivity contribution < 1.29 is 37.3 Å². The molecule has 7 heterocycles. The Bertz CT molecular complexity index is 2270. The van der Waals surface area contributed by atoms with Crippen molar-refractivity contribution in [3.05, 3.63) is 47.7 Å². The van der Waals surface area contributed by atoms with Gasteiger partial charge in [0.15, 0.2) is 11.9 Å². The van der Waals surface area contributed by atoms with E-state index < -0.39 is 40.8 Å². The van der Waals surface area contributed by atoms with Crippen LogP contribution in [0.3, 0.4) is 0 Å². The summed E-state index contributed by atoms with van der Waals surface area (Å²) in [5.74, 6) is 0.354. The predicted molar refractivity (Wildman–Crippen MR) is 188 cm³/mol. The zero-order chi connectivity index (χ0) is 37.0. The number of phenolic OH excluding ortho intramolecular Hbond substituents is 1. The molecule has 53 heavy (non-hydrogen) atoms. The van der Waals surface area contributed by atoms with Gasteiger partial charge in [-0.15, -0.1) is 6.42 Å². The smallest absolute Gasteiger partial charge is 0.319 e. The number of hydrogen-bond acceptors (Lipinski definition) is 10. The molecule has 5 aliphatic heterocycles. The summed E-state index contributed by atoms with van der Waals surface area (Å²) in [5.41, 5.74) is -1.76. The standard InChI is InChI=1S/C39H37F3N6O5/c1-4-25-28(41)9-6-20-12-24(49)13-26(29(20)25)31-30(42)32-27(15-43-31)34(45-37(44-32)52-19-39-10-5-11-47(39)16-21(40)14-39)46-17-22-7-8-23(18-46)48(22)35(50)33-38(2,3)36(51)53-33/h1,6,9,12-13,15,21-23,33,49H,5,7-8,10-11,14,16-19H2,2-3H3/t21-,22?,23?,33?,39+/m1/s1. The quantitative estimate of drug-likeness (QED) is 0.217. The third-order valence-corrected chi connectivity index (χ3v) is 12.0. The Morgan fingerprint density at radius 2 is 1.92 bits per heavy atom. The maximum Gasteiger partial charge on any atom is 0.319 e. The molecule has 14 heteroatoms. The molecule has 0 aliphatic carbocycles. The second kappa shape index (κ2) is 11.9. The molecular weight excluding hydrogens is 689 g/mol. The average molecular weight is 727 g/mol. The Morgan fingerprint density at radius 1 is 1.15 bits per heavy atom. The van der Waals surface area contributed by atoms with E-state index in [-0.39, 0.29) is 69.5 Å². The van der Waals surface area contributed by atoms with Gasteiger partial charge in [-0.2, -0.15) is 9.97 Å². The number of hydrogen-bond donors (Lipinski definition) is 1. The molecule has 0 saturated carbocycles. The van der Waals surface area contributed by atoms with Crippen LogP contribution in [-0.2, 0) is 14.3 Å². The number of rotatable bonds is 6. The highest BCUT2D eigenvalue weighted by Gasteiger charge is 2.58. The molecule has 4 aromatic rings. The molecule has 274 valence electrons. The first-order chi connectivity index (χ1) is 25.4. The Labute approximate surface area is 303 Å². The molecule has 3 unspecified atom stereocenters. The summed E-state index contributed by atoms with van der Waals surface area (Å²) in [6.07, 6.45) is 8.73. The van der Waals surface area contributed by atoms with E-state index in [2.05, 4.69) is 20.8 Å². The zero-order valence-corrected chi connectivity index (χ0v) is 29.2. The third kappa shape index (κ3) is 5.10. The van der Waals surface area contributed by atoms with E-state index in [0.717, 1.165) is 32.2 Å². The van der Waals surface area contributed by atoms with Crippen LogP contribution in [0.1, 0.15) is 51.5 Å². The summed E-state index contributed by atoms with van der Waals surface area (Å²) in [5, 5.41) is 11.5. The van der Waals surface area contributed by atoms with Gasteiger partial charge in [0.25, 0.3) is 5.91 Å². The van der Waals surface area contributed by atoms with Gasteiger partial charge in [-0.25, -0.2) is 13.2 Å².